The summed E-state index contributed by atoms with van der Waals surface area (Å²) in [6, 6.07) is 1.71. The average molecular weight is 264 g/mol. The Labute approximate surface area is 115 Å². The zero-order valence-electron chi connectivity index (χ0n) is 11.9. The molecule has 5 nitrogen and oxygen atoms in total. The second-order valence-electron chi connectivity index (χ2n) is 4.56. The van der Waals surface area contributed by atoms with E-state index in [1.807, 2.05) is 4.90 Å². The number of rotatable bonds is 8. The third-order valence-corrected chi connectivity index (χ3v) is 3.06. The van der Waals surface area contributed by atoms with E-state index in [0.717, 1.165) is 38.8 Å². The number of hydrazine groups is 1. The van der Waals surface area contributed by atoms with Crippen LogP contribution in [0.3, 0.4) is 0 Å². The minimum atomic E-state index is 0.0252. The van der Waals surface area contributed by atoms with Crippen molar-refractivity contribution in [2.75, 3.05) is 18.5 Å². The lowest BCUT2D eigenvalue weighted by Gasteiger charge is -2.23. The van der Waals surface area contributed by atoms with Gasteiger partial charge in [-0.15, -0.1) is 0 Å². The zero-order chi connectivity index (χ0) is 14.1. The topological polar surface area (TPSA) is 71.2 Å². The molecule has 0 aliphatic carbocycles. The Kier molecular flexibility index (Phi) is 6.89. The molecule has 0 aromatic carbocycles. The minimum Gasteiger partial charge on any atom is -0.339 e. The molecule has 0 saturated carbocycles. The zero-order valence-corrected chi connectivity index (χ0v) is 11.9. The van der Waals surface area contributed by atoms with Crippen LogP contribution in [0.4, 0.5) is 5.69 Å². The summed E-state index contributed by atoms with van der Waals surface area (Å²) in [6.45, 7) is 5.84. The summed E-state index contributed by atoms with van der Waals surface area (Å²) < 4.78 is 0. The fourth-order valence-electron chi connectivity index (χ4n) is 1.88. The molecule has 0 saturated heterocycles. The van der Waals surface area contributed by atoms with Gasteiger partial charge >= 0.3 is 0 Å². The van der Waals surface area contributed by atoms with Crippen molar-refractivity contribution >= 4 is 11.6 Å². The molecule has 3 N–H and O–H groups in total. The van der Waals surface area contributed by atoms with E-state index in [4.69, 9.17) is 5.84 Å². The van der Waals surface area contributed by atoms with E-state index in [2.05, 4.69) is 24.3 Å². The predicted octanol–water partition coefficient (Wildman–Crippen LogP) is 2.41. The van der Waals surface area contributed by atoms with Crippen LogP contribution in [-0.4, -0.2) is 28.9 Å². The van der Waals surface area contributed by atoms with Crippen LogP contribution >= 0.6 is 0 Å². The lowest BCUT2D eigenvalue weighted by molar-refractivity contribution is 0.0752. The Morgan fingerprint density at radius 3 is 2.47 bits per heavy atom. The molecule has 5 heteroatoms. The number of aromatic nitrogens is 1. The van der Waals surface area contributed by atoms with E-state index < -0.39 is 0 Å². The number of amides is 1. The molecule has 0 radical (unpaired) electrons. The first-order valence-electron chi connectivity index (χ1n) is 6.94. The van der Waals surface area contributed by atoms with Crippen LogP contribution in [0.15, 0.2) is 18.5 Å². The highest BCUT2D eigenvalue weighted by Gasteiger charge is 2.17. The molecule has 1 heterocycles. The maximum absolute atomic E-state index is 12.5. The van der Waals surface area contributed by atoms with E-state index in [-0.39, 0.29) is 5.91 Å². The number of nitrogens with zero attached hydrogens (tertiary/aromatic N) is 2. The van der Waals surface area contributed by atoms with Crippen molar-refractivity contribution < 1.29 is 4.79 Å². The van der Waals surface area contributed by atoms with Crippen LogP contribution in [0.25, 0.3) is 0 Å². The molecule has 1 aromatic heterocycles. The first kappa shape index (κ1) is 15.4. The highest BCUT2D eigenvalue weighted by Crippen LogP contribution is 2.15. The molecule has 106 valence electrons. The Morgan fingerprint density at radius 2 is 1.95 bits per heavy atom. The predicted molar refractivity (Wildman–Crippen MR) is 77.8 cm³/mol. The second-order valence-corrected chi connectivity index (χ2v) is 4.56. The summed E-state index contributed by atoms with van der Waals surface area (Å²) in [4.78, 5) is 18.4. The number of anilines is 1. The van der Waals surface area contributed by atoms with Gasteiger partial charge in [0.2, 0.25) is 0 Å². The van der Waals surface area contributed by atoms with Gasteiger partial charge in [-0.3, -0.25) is 15.6 Å². The number of nitrogens with two attached hydrogens (primary N) is 1. The van der Waals surface area contributed by atoms with Gasteiger partial charge in [0.05, 0.1) is 17.4 Å². The molecule has 19 heavy (non-hydrogen) atoms. The van der Waals surface area contributed by atoms with Crippen LogP contribution < -0.4 is 11.3 Å². The number of nitrogen functional groups attached to an aromatic ring is 1. The van der Waals surface area contributed by atoms with Gasteiger partial charge in [0, 0.05) is 19.3 Å². The maximum atomic E-state index is 12.5. The molecule has 1 aromatic rings. The van der Waals surface area contributed by atoms with Crippen molar-refractivity contribution in [3.05, 3.63) is 24.0 Å². The summed E-state index contributed by atoms with van der Waals surface area (Å²) in [5, 5.41) is 0. The van der Waals surface area contributed by atoms with E-state index in [1.165, 1.54) is 0 Å². The third kappa shape index (κ3) is 4.52. The van der Waals surface area contributed by atoms with Gasteiger partial charge in [0.1, 0.15) is 0 Å². The number of hydrogen-bond acceptors (Lipinski definition) is 4. The molecule has 0 spiro atoms. The molecular formula is C14H24N4O. The number of carbonyl (C=O) groups is 1. The maximum Gasteiger partial charge on any atom is 0.256 e. The molecular weight excluding hydrogens is 240 g/mol. The average Bonchev–Trinajstić information content (AvgIpc) is 2.46. The van der Waals surface area contributed by atoms with Gasteiger partial charge in [0.15, 0.2) is 0 Å². The second kappa shape index (κ2) is 8.48. The molecule has 0 aliphatic heterocycles. The van der Waals surface area contributed by atoms with E-state index in [0.29, 0.717) is 11.3 Å². The van der Waals surface area contributed by atoms with E-state index in [1.54, 1.807) is 18.5 Å². The van der Waals surface area contributed by atoms with Crippen LogP contribution in [0.1, 0.15) is 49.9 Å². The first-order chi connectivity index (χ1) is 9.24. The third-order valence-electron chi connectivity index (χ3n) is 3.06. The van der Waals surface area contributed by atoms with Gasteiger partial charge in [0.25, 0.3) is 5.91 Å². The van der Waals surface area contributed by atoms with E-state index >= 15 is 0 Å². The summed E-state index contributed by atoms with van der Waals surface area (Å²) in [5.41, 5.74) is 3.70. The van der Waals surface area contributed by atoms with Gasteiger partial charge in [-0.2, -0.15) is 0 Å². The van der Waals surface area contributed by atoms with Crippen LogP contribution in [0.2, 0.25) is 0 Å². The van der Waals surface area contributed by atoms with Crippen molar-refractivity contribution in [3.63, 3.8) is 0 Å². The smallest absolute Gasteiger partial charge is 0.256 e. The summed E-state index contributed by atoms with van der Waals surface area (Å²) in [5.74, 6) is 5.45. The van der Waals surface area contributed by atoms with Crippen LogP contribution in [0, 0.1) is 0 Å². The minimum absolute atomic E-state index is 0.0252. The highest BCUT2D eigenvalue weighted by atomic mass is 16.2. The van der Waals surface area contributed by atoms with Gasteiger partial charge in [-0.25, -0.2) is 0 Å². The number of pyridine rings is 1. The molecule has 1 rings (SSSR count). The molecule has 0 unspecified atom stereocenters. The number of nitrogens with one attached hydrogen (secondary N) is 1. The number of carbonyl (C=O) groups excluding carboxylic acids is 1. The highest BCUT2D eigenvalue weighted by molar-refractivity contribution is 5.99. The first-order valence-corrected chi connectivity index (χ1v) is 6.94. The number of hydrogen-bond donors (Lipinski definition) is 2. The Morgan fingerprint density at radius 1 is 1.32 bits per heavy atom. The van der Waals surface area contributed by atoms with Crippen LogP contribution in [0.5, 0.6) is 0 Å². The fourth-order valence-corrected chi connectivity index (χ4v) is 1.88. The molecule has 1 amide bonds. The summed E-state index contributed by atoms with van der Waals surface area (Å²) in [7, 11) is 0. The van der Waals surface area contributed by atoms with Crippen molar-refractivity contribution in [2.45, 2.75) is 39.5 Å². The molecule has 0 atom stereocenters. The monoisotopic (exact) mass is 264 g/mol. The summed E-state index contributed by atoms with van der Waals surface area (Å²) >= 11 is 0. The lowest BCUT2D eigenvalue weighted by Crippen LogP contribution is -2.33. The van der Waals surface area contributed by atoms with Crippen molar-refractivity contribution in [3.8, 4) is 0 Å². The molecule has 0 bridgehead atoms. The SMILES string of the molecule is CCCCN(CCCC)C(=O)c1ccncc1NN. The lowest BCUT2D eigenvalue weighted by atomic mass is 10.1. The van der Waals surface area contributed by atoms with Crippen molar-refractivity contribution in [1.82, 2.24) is 9.88 Å². The Balaban J connectivity index is 2.84. The van der Waals surface area contributed by atoms with Gasteiger partial charge in [-0.1, -0.05) is 26.7 Å². The summed E-state index contributed by atoms with van der Waals surface area (Å²) in [6.07, 6.45) is 7.39. The molecule has 0 aliphatic rings. The Hall–Kier alpha value is -1.62. The van der Waals surface area contributed by atoms with Gasteiger partial charge in [-0.05, 0) is 18.9 Å². The quantitative estimate of drug-likeness (QED) is 0.558. The van der Waals surface area contributed by atoms with E-state index in [9.17, 15) is 4.79 Å². The Bertz CT molecular complexity index is 387. The standard InChI is InChI=1S/C14H24N4O/c1-3-5-9-18(10-6-4-2)14(19)12-7-8-16-11-13(12)17-15/h7-8,11,17H,3-6,9-10,15H2,1-2H3. The van der Waals surface area contributed by atoms with Gasteiger partial charge < -0.3 is 10.3 Å². The largest absolute Gasteiger partial charge is 0.339 e. The normalized spacial score (nSPS) is 10.3. The molecule has 0 fully saturated rings. The van der Waals surface area contributed by atoms with Crippen molar-refractivity contribution in [2.24, 2.45) is 5.84 Å². The number of unbranched alkanes of at least 4 members (excludes halogenated alkanes) is 2. The van der Waals surface area contributed by atoms with Crippen LogP contribution in [-0.2, 0) is 0 Å². The van der Waals surface area contributed by atoms with Crippen molar-refractivity contribution in [1.29, 1.82) is 0 Å². The fraction of sp³-hybridized carbons (Fsp3) is 0.571.